The average Bonchev–Trinajstić information content (AvgIpc) is 3.00. The highest BCUT2D eigenvalue weighted by atomic mass is 16.2. The Morgan fingerprint density at radius 1 is 1.27 bits per heavy atom. The maximum absolute atomic E-state index is 11.4. The van der Waals surface area contributed by atoms with Crippen LogP contribution < -0.4 is 5.32 Å². The minimum absolute atomic E-state index is 0.304. The molecule has 1 amide bonds. The Morgan fingerprint density at radius 3 is 2.73 bits per heavy atom. The van der Waals surface area contributed by atoms with Gasteiger partial charge in [0.15, 0.2) is 0 Å². The molecule has 0 aliphatic heterocycles. The Kier molecular flexibility index (Phi) is 3.66. The van der Waals surface area contributed by atoms with Gasteiger partial charge in [0, 0.05) is 12.5 Å². The molecule has 2 rings (SSSR count). The van der Waals surface area contributed by atoms with Crippen LogP contribution in [0.3, 0.4) is 0 Å². The van der Waals surface area contributed by atoms with Crippen LogP contribution in [0.15, 0.2) is 0 Å². The lowest BCUT2D eigenvalue weighted by molar-refractivity contribution is -0.122. The Bertz CT molecular complexity index is 223. The van der Waals surface area contributed by atoms with Gasteiger partial charge < -0.3 is 5.32 Å². The normalized spacial score (nSPS) is 31.3. The van der Waals surface area contributed by atoms with E-state index in [1.54, 1.807) is 0 Å². The molecule has 2 aliphatic carbocycles. The van der Waals surface area contributed by atoms with Crippen LogP contribution >= 0.6 is 0 Å². The molecule has 0 spiro atoms. The molecule has 0 saturated heterocycles. The quantitative estimate of drug-likeness (QED) is 0.758. The number of carbonyl (C=O) groups excluding carboxylic acids is 1. The third kappa shape index (κ3) is 3.51. The Morgan fingerprint density at radius 2 is 2.07 bits per heavy atom. The lowest BCUT2D eigenvalue weighted by Gasteiger charge is -2.26. The fourth-order valence-electron chi connectivity index (χ4n) is 2.71. The van der Waals surface area contributed by atoms with Gasteiger partial charge in [-0.15, -0.1) is 0 Å². The number of amides is 1. The first kappa shape index (κ1) is 11.0. The molecule has 0 bridgehead atoms. The minimum atomic E-state index is 0.304. The van der Waals surface area contributed by atoms with Crippen molar-refractivity contribution in [3.63, 3.8) is 0 Å². The zero-order valence-electron chi connectivity index (χ0n) is 9.80. The zero-order valence-corrected chi connectivity index (χ0v) is 9.80. The molecule has 2 unspecified atom stereocenters. The largest absolute Gasteiger partial charge is 0.356 e. The van der Waals surface area contributed by atoms with Crippen molar-refractivity contribution in [3.8, 4) is 0 Å². The molecule has 0 aromatic carbocycles. The Labute approximate surface area is 92.8 Å². The first-order chi connectivity index (χ1) is 7.25. The van der Waals surface area contributed by atoms with E-state index in [2.05, 4.69) is 12.2 Å². The third-order valence-electron chi connectivity index (χ3n) is 3.84. The second kappa shape index (κ2) is 5.00. The van der Waals surface area contributed by atoms with Crippen molar-refractivity contribution in [1.29, 1.82) is 0 Å². The van der Waals surface area contributed by atoms with Crippen molar-refractivity contribution in [1.82, 2.24) is 5.32 Å². The summed E-state index contributed by atoms with van der Waals surface area (Å²) in [7, 11) is 0. The van der Waals surface area contributed by atoms with Gasteiger partial charge in [0.25, 0.3) is 0 Å². The van der Waals surface area contributed by atoms with Gasteiger partial charge in [-0.05, 0) is 37.5 Å². The van der Waals surface area contributed by atoms with Crippen LogP contribution in [0.1, 0.15) is 51.9 Å². The third-order valence-corrected chi connectivity index (χ3v) is 3.84. The summed E-state index contributed by atoms with van der Waals surface area (Å²) >= 11 is 0. The SMILES string of the molecule is CC1CCCC(CCNC(=O)C2CC2)C1. The molecule has 2 fully saturated rings. The summed E-state index contributed by atoms with van der Waals surface area (Å²) in [6.07, 6.45) is 8.98. The van der Waals surface area contributed by atoms with Gasteiger partial charge in [-0.25, -0.2) is 0 Å². The van der Waals surface area contributed by atoms with E-state index in [1.165, 1.54) is 32.1 Å². The van der Waals surface area contributed by atoms with E-state index in [-0.39, 0.29) is 0 Å². The summed E-state index contributed by atoms with van der Waals surface area (Å²) < 4.78 is 0. The highest BCUT2D eigenvalue weighted by molar-refractivity contribution is 5.80. The summed E-state index contributed by atoms with van der Waals surface area (Å²) in [6, 6.07) is 0. The van der Waals surface area contributed by atoms with E-state index in [0.29, 0.717) is 11.8 Å². The Hall–Kier alpha value is -0.530. The molecule has 15 heavy (non-hydrogen) atoms. The van der Waals surface area contributed by atoms with Gasteiger partial charge in [0.2, 0.25) is 5.91 Å². The van der Waals surface area contributed by atoms with E-state index in [0.717, 1.165) is 31.2 Å². The van der Waals surface area contributed by atoms with Crippen LogP contribution in [0.5, 0.6) is 0 Å². The van der Waals surface area contributed by atoms with E-state index in [9.17, 15) is 4.79 Å². The fraction of sp³-hybridized carbons (Fsp3) is 0.923. The van der Waals surface area contributed by atoms with Crippen molar-refractivity contribution < 1.29 is 4.79 Å². The van der Waals surface area contributed by atoms with E-state index in [4.69, 9.17) is 0 Å². The fourth-order valence-corrected chi connectivity index (χ4v) is 2.71. The van der Waals surface area contributed by atoms with Crippen molar-refractivity contribution in [2.45, 2.75) is 51.9 Å². The van der Waals surface area contributed by atoms with Crippen LogP contribution in [0, 0.1) is 17.8 Å². The highest BCUT2D eigenvalue weighted by Crippen LogP contribution is 2.31. The predicted octanol–water partition coefficient (Wildman–Crippen LogP) is 2.73. The topological polar surface area (TPSA) is 29.1 Å². The van der Waals surface area contributed by atoms with Gasteiger partial charge in [0.1, 0.15) is 0 Å². The number of hydrogen-bond acceptors (Lipinski definition) is 1. The van der Waals surface area contributed by atoms with Crippen molar-refractivity contribution in [3.05, 3.63) is 0 Å². The monoisotopic (exact) mass is 209 g/mol. The molecule has 2 aliphatic rings. The van der Waals surface area contributed by atoms with Crippen molar-refractivity contribution in [2.24, 2.45) is 17.8 Å². The number of carbonyl (C=O) groups is 1. The van der Waals surface area contributed by atoms with E-state index in [1.807, 2.05) is 0 Å². The summed E-state index contributed by atoms with van der Waals surface area (Å²) in [6.45, 7) is 3.27. The molecular formula is C13H23NO. The van der Waals surface area contributed by atoms with Crippen LogP contribution in [0.4, 0.5) is 0 Å². The Balaban J connectivity index is 1.58. The van der Waals surface area contributed by atoms with Gasteiger partial charge in [-0.2, -0.15) is 0 Å². The smallest absolute Gasteiger partial charge is 0.223 e. The zero-order chi connectivity index (χ0) is 10.7. The molecule has 1 N–H and O–H groups in total. The molecule has 2 heteroatoms. The van der Waals surface area contributed by atoms with Gasteiger partial charge in [0.05, 0.1) is 0 Å². The molecule has 0 aromatic heterocycles. The van der Waals surface area contributed by atoms with Crippen molar-refractivity contribution >= 4 is 5.91 Å². The molecule has 2 nitrogen and oxygen atoms in total. The predicted molar refractivity (Wildman–Crippen MR) is 61.5 cm³/mol. The summed E-state index contributed by atoms with van der Waals surface area (Å²) in [5, 5.41) is 3.07. The van der Waals surface area contributed by atoms with Gasteiger partial charge >= 0.3 is 0 Å². The lowest BCUT2D eigenvalue weighted by atomic mass is 9.81. The summed E-state index contributed by atoms with van der Waals surface area (Å²) in [5.74, 6) is 2.45. The molecule has 0 heterocycles. The van der Waals surface area contributed by atoms with Gasteiger partial charge in [-0.3, -0.25) is 4.79 Å². The highest BCUT2D eigenvalue weighted by Gasteiger charge is 2.29. The molecule has 0 aromatic rings. The second-order valence-corrected chi connectivity index (χ2v) is 5.49. The maximum Gasteiger partial charge on any atom is 0.223 e. The maximum atomic E-state index is 11.4. The molecule has 86 valence electrons. The summed E-state index contributed by atoms with van der Waals surface area (Å²) in [5.41, 5.74) is 0. The van der Waals surface area contributed by atoms with Crippen LogP contribution in [-0.2, 0) is 4.79 Å². The molecular weight excluding hydrogens is 186 g/mol. The van der Waals surface area contributed by atoms with E-state index < -0.39 is 0 Å². The summed E-state index contributed by atoms with van der Waals surface area (Å²) in [4.78, 5) is 11.4. The van der Waals surface area contributed by atoms with Crippen molar-refractivity contribution in [2.75, 3.05) is 6.54 Å². The minimum Gasteiger partial charge on any atom is -0.356 e. The second-order valence-electron chi connectivity index (χ2n) is 5.49. The first-order valence-electron chi connectivity index (χ1n) is 6.53. The standard InChI is InChI=1S/C13H23NO/c1-10-3-2-4-11(9-10)7-8-14-13(15)12-5-6-12/h10-12H,2-9H2,1H3,(H,14,15). The van der Waals surface area contributed by atoms with E-state index >= 15 is 0 Å². The lowest BCUT2D eigenvalue weighted by Crippen LogP contribution is -2.28. The number of hydrogen-bond donors (Lipinski definition) is 1. The van der Waals surface area contributed by atoms with Crippen LogP contribution in [-0.4, -0.2) is 12.5 Å². The van der Waals surface area contributed by atoms with Crippen LogP contribution in [0.25, 0.3) is 0 Å². The molecule has 0 radical (unpaired) electrons. The molecule has 2 atom stereocenters. The number of nitrogens with one attached hydrogen (secondary N) is 1. The number of rotatable bonds is 4. The van der Waals surface area contributed by atoms with Crippen LogP contribution in [0.2, 0.25) is 0 Å². The molecule has 2 saturated carbocycles. The van der Waals surface area contributed by atoms with Gasteiger partial charge in [-0.1, -0.05) is 26.2 Å². The average molecular weight is 209 g/mol. The first-order valence-corrected chi connectivity index (χ1v) is 6.53.